The van der Waals surface area contributed by atoms with Crippen molar-refractivity contribution < 1.29 is 4.42 Å². The summed E-state index contributed by atoms with van der Waals surface area (Å²) >= 11 is 0. The maximum Gasteiger partial charge on any atom is 0.135 e. The summed E-state index contributed by atoms with van der Waals surface area (Å²) in [7, 11) is 0. The number of furan rings is 1. The van der Waals surface area contributed by atoms with Gasteiger partial charge in [-0.2, -0.15) is 5.26 Å². The van der Waals surface area contributed by atoms with Gasteiger partial charge in [0.05, 0.1) is 22.9 Å². The van der Waals surface area contributed by atoms with Crippen LogP contribution in [0.1, 0.15) is 27.8 Å². The van der Waals surface area contributed by atoms with Crippen molar-refractivity contribution in [2.45, 2.75) is 6.92 Å². The van der Waals surface area contributed by atoms with Gasteiger partial charge in [-0.05, 0) is 107 Å². The Balaban J connectivity index is 0.000000579. The Morgan fingerprint density at radius 1 is 0.741 bits per heavy atom. The summed E-state index contributed by atoms with van der Waals surface area (Å²) in [5, 5.41) is 21.1. The molecule has 0 aliphatic carbocycles. The molecule has 8 aromatic rings. The first-order valence-electron chi connectivity index (χ1n) is 17.6. The highest BCUT2D eigenvalue weighted by Gasteiger charge is 2.12. The molecule has 2 heterocycles. The van der Waals surface area contributed by atoms with Gasteiger partial charge < -0.3 is 20.1 Å². The lowest BCUT2D eigenvalue weighted by Gasteiger charge is -2.08. The molecule has 0 bridgehead atoms. The second kappa shape index (κ2) is 15.4. The molecule has 0 fully saturated rings. The highest BCUT2D eigenvalue weighted by molar-refractivity contribution is 6.10. The molecule has 0 radical (unpaired) electrons. The lowest BCUT2D eigenvalue weighted by Crippen LogP contribution is -2.03. The number of hydrogen-bond acceptors (Lipinski definition) is 4. The van der Waals surface area contributed by atoms with E-state index in [1.54, 1.807) is 18.2 Å². The Morgan fingerprint density at radius 2 is 1.46 bits per heavy atom. The molecule has 0 aliphatic rings. The van der Waals surface area contributed by atoms with Crippen LogP contribution in [0.15, 0.2) is 188 Å². The van der Waals surface area contributed by atoms with Gasteiger partial charge in [0.1, 0.15) is 11.2 Å². The van der Waals surface area contributed by atoms with Crippen molar-refractivity contribution in [1.29, 1.82) is 10.7 Å². The average molecular weight is 699 g/mol. The van der Waals surface area contributed by atoms with E-state index in [0.29, 0.717) is 17.0 Å². The molecule has 2 aromatic heterocycles. The van der Waals surface area contributed by atoms with Gasteiger partial charge in [0.25, 0.3) is 0 Å². The number of nitrogens with one attached hydrogen (secondary N) is 1. The fraction of sp³-hybridized carbons (Fsp3) is 0.0204. The summed E-state index contributed by atoms with van der Waals surface area (Å²) in [6.07, 6.45) is 9.13. The maximum absolute atomic E-state index is 9.28. The molecule has 0 amide bonds. The van der Waals surface area contributed by atoms with Crippen molar-refractivity contribution in [1.82, 2.24) is 4.57 Å². The second-order valence-corrected chi connectivity index (χ2v) is 13.0. The molecule has 5 heteroatoms. The van der Waals surface area contributed by atoms with E-state index in [4.69, 9.17) is 15.6 Å². The number of aromatic nitrogens is 1. The van der Waals surface area contributed by atoms with E-state index in [0.717, 1.165) is 71.9 Å². The lowest BCUT2D eigenvalue weighted by atomic mass is 9.98. The van der Waals surface area contributed by atoms with Gasteiger partial charge in [-0.15, -0.1) is 0 Å². The Kier molecular flexibility index (Phi) is 10.0. The van der Waals surface area contributed by atoms with Gasteiger partial charge in [-0.3, -0.25) is 0 Å². The zero-order chi connectivity index (χ0) is 37.6. The summed E-state index contributed by atoms with van der Waals surface area (Å²) in [5.41, 5.74) is 18.6. The van der Waals surface area contributed by atoms with Crippen molar-refractivity contribution in [2.24, 2.45) is 5.73 Å². The van der Waals surface area contributed by atoms with Gasteiger partial charge in [0.15, 0.2) is 0 Å². The molecule has 0 unspecified atom stereocenters. The molecule has 8 rings (SSSR count). The molecule has 54 heavy (non-hydrogen) atoms. The number of nitrogens with zero attached hydrogens (tertiary/aromatic N) is 2. The molecule has 0 aliphatic heterocycles. The number of aryl methyl sites for hydroxylation is 1. The standard InChI is InChI=1S/C42H30N4O.C7H8/c1-3-6-28(4-2)31-7-5-8-33(22-31)39(45)25-38(44)30-12-10-29(11-13-30)32-14-17-41-36(23-32)37-24-35(15-18-42(37)47-41)46-20-19-34-21-27(26-43)9-16-40(34)46;1-7-5-3-2-4-6-7/h3-25,44H,1-2,45H2;2-6H,1H3/b28-6+,39-25-,44-38?;. The average Bonchev–Trinajstić information content (AvgIpc) is 3.81. The Hall–Kier alpha value is -7.42. The van der Waals surface area contributed by atoms with Crippen molar-refractivity contribution in [2.75, 3.05) is 0 Å². The molecule has 0 spiro atoms. The SMILES string of the molecule is C=C/C=C(\C=C)c1cccc(/C(N)=C/C(=N)c2ccc(-c3ccc4oc5ccc(-n6ccc7cc(C#N)ccc76)cc5c4c3)cc2)c1.Cc1ccccc1. The van der Waals surface area contributed by atoms with E-state index >= 15 is 0 Å². The summed E-state index contributed by atoms with van der Waals surface area (Å²) < 4.78 is 8.32. The monoisotopic (exact) mass is 698 g/mol. The van der Waals surface area contributed by atoms with Crippen LogP contribution in [-0.4, -0.2) is 10.3 Å². The van der Waals surface area contributed by atoms with Crippen LogP contribution in [-0.2, 0) is 0 Å². The van der Waals surface area contributed by atoms with Gasteiger partial charge in [-0.1, -0.05) is 116 Å². The minimum absolute atomic E-state index is 0.329. The zero-order valence-electron chi connectivity index (χ0n) is 30.0. The van der Waals surface area contributed by atoms with E-state index in [9.17, 15) is 5.26 Å². The minimum atomic E-state index is 0.329. The normalized spacial score (nSPS) is 11.6. The Bertz CT molecular complexity index is 2790. The van der Waals surface area contributed by atoms with Crippen LogP contribution < -0.4 is 5.73 Å². The van der Waals surface area contributed by atoms with Crippen molar-refractivity contribution in [3.8, 4) is 22.9 Å². The van der Waals surface area contributed by atoms with Gasteiger partial charge >= 0.3 is 0 Å². The number of fused-ring (bicyclic) bond motifs is 4. The minimum Gasteiger partial charge on any atom is -0.456 e. The van der Waals surface area contributed by atoms with E-state index in [1.807, 2.05) is 121 Å². The molecular weight excluding hydrogens is 661 g/mol. The summed E-state index contributed by atoms with van der Waals surface area (Å²) in [6, 6.07) is 48.5. The maximum atomic E-state index is 9.28. The first kappa shape index (κ1) is 35.0. The molecule has 5 nitrogen and oxygen atoms in total. The summed E-state index contributed by atoms with van der Waals surface area (Å²) in [5.74, 6) is 0. The van der Waals surface area contributed by atoms with Gasteiger partial charge in [0, 0.05) is 33.7 Å². The predicted octanol–water partition coefficient (Wildman–Crippen LogP) is 12.2. The number of allylic oxidation sites excluding steroid dienone is 5. The van der Waals surface area contributed by atoms with Crippen LogP contribution in [0.25, 0.3) is 60.9 Å². The van der Waals surface area contributed by atoms with Gasteiger partial charge in [0.2, 0.25) is 0 Å². The second-order valence-electron chi connectivity index (χ2n) is 13.0. The van der Waals surface area contributed by atoms with Crippen molar-refractivity contribution in [3.05, 3.63) is 211 Å². The largest absolute Gasteiger partial charge is 0.456 e. The van der Waals surface area contributed by atoms with Crippen molar-refractivity contribution in [3.63, 3.8) is 0 Å². The number of nitrogens with two attached hydrogens (primary N) is 1. The zero-order valence-corrected chi connectivity index (χ0v) is 30.0. The predicted molar refractivity (Wildman–Crippen MR) is 226 cm³/mol. The summed E-state index contributed by atoms with van der Waals surface area (Å²) in [4.78, 5) is 0. The van der Waals surface area contributed by atoms with E-state index < -0.39 is 0 Å². The molecule has 0 atom stereocenters. The first-order chi connectivity index (χ1) is 26.3. The van der Waals surface area contributed by atoms with Crippen LogP contribution in [0.4, 0.5) is 0 Å². The molecule has 0 saturated heterocycles. The molecule has 6 aromatic carbocycles. The van der Waals surface area contributed by atoms with Crippen LogP contribution in [0.5, 0.6) is 0 Å². The van der Waals surface area contributed by atoms with Crippen LogP contribution in [0.3, 0.4) is 0 Å². The highest BCUT2D eigenvalue weighted by atomic mass is 16.3. The third-order valence-electron chi connectivity index (χ3n) is 9.37. The highest BCUT2D eigenvalue weighted by Crippen LogP contribution is 2.34. The number of nitriles is 1. The van der Waals surface area contributed by atoms with Crippen LogP contribution in [0.2, 0.25) is 0 Å². The summed E-state index contributed by atoms with van der Waals surface area (Å²) in [6.45, 7) is 9.75. The quantitative estimate of drug-likeness (QED) is 0.122. The third-order valence-corrected chi connectivity index (χ3v) is 9.37. The fourth-order valence-corrected chi connectivity index (χ4v) is 6.52. The number of rotatable bonds is 8. The molecule has 0 saturated carbocycles. The Morgan fingerprint density at radius 3 is 2.17 bits per heavy atom. The van der Waals surface area contributed by atoms with E-state index in [1.165, 1.54) is 5.56 Å². The molecule has 260 valence electrons. The van der Waals surface area contributed by atoms with E-state index in [-0.39, 0.29) is 0 Å². The number of hydrogen-bond donors (Lipinski definition) is 2. The van der Waals surface area contributed by atoms with Crippen LogP contribution in [0, 0.1) is 23.7 Å². The molecular formula is C49H38N4O. The number of benzene rings is 6. The first-order valence-corrected chi connectivity index (χ1v) is 17.6. The van der Waals surface area contributed by atoms with Gasteiger partial charge in [-0.25, -0.2) is 0 Å². The van der Waals surface area contributed by atoms with E-state index in [2.05, 4.69) is 61.0 Å². The van der Waals surface area contributed by atoms with Crippen molar-refractivity contribution >= 4 is 49.8 Å². The third kappa shape index (κ3) is 7.32. The topological polar surface area (TPSA) is 91.7 Å². The smallest absolute Gasteiger partial charge is 0.135 e. The fourth-order valence-electron chi connectivity index (χ4n) is 6.52. The lowest BCUT2D eigenvalue weighted by molar-refractivity contribution is 0.669. The molecule has 3 N–H and O–H groups in total. The Labute approximate surface area is 315 Å². The van der Waals surface area contributed by atoms with Crippen LogP contribution >= 0.6 is 0 Å².